The standard InChI is InChI=1S/C13H16N4O4/c1-4-20-11(18)8-15-12-9(7-14)13(19)21-10(16-12)5-6-17(2)3/h5-6,15H,4,8H2,1-3H3/b6-5+. The normalized spacial score (nSPS) is 10.2. The van der Waals surface area contributed by atoms with Crippen LogP contribution in [0.1, 0.15) is 18.4 Å². The maximum atomic E-state index is 11.7. The summed E-state index contributed by atoms with van der Waals surface area (Å²) in [6.07, 6.45) is 3.10. The zero-order valence-electron chi connectivity index (χ0n) is 12.0. The molecule has 1 aromatic rings. The van der Waals surface area contributed by atoms with Gasteiger partial charge in [0.15, 0.2) is 11.4 Å². The minimum absolute atomic E-state index is 0.0137. The second kappa shape index (κ2) is 7.69. The molecule has 0 radical (unpaired) electrons. The lowest BCUT2D eigenvalue weighted by molar-refractivity contribution is -0.140. The van der Waals surface area contributed by atoms with E-state index in [1.807, 2.05) is 0 Å². The number of ether oxygens (including phenoxy) is 1. The Labute approximate surface area is 121 Å². The highest BCUT2D eigenvalue weighted by molar-refractivity contribution is 5.75. The first kappa shape index (κ1) is 16.2. The summed E-state index contributed by atoms with van der Waals surface area (Å²) in [4.78, 5) is 28.7. The van der Waals surface area contributed by atoms with Crippen LogP contribution in [0, 0.1) is 11.3 Å². The summed E-state index contributed by atoms with van der Waals surface area (Å²) in [6, 6.07) is 1.69. The first-order valence-corrected chi connectivity index (χ1v) is 6.17. The summed E-state index contributed by atoms with van der Waals surface area (Å²) < 4.78 is 9.63. The number of nitrogens with zero attached hydrogens (tertiary/aromatic N) is 3. The Hall–Kier alpha value is -2.82. The van der Waals surface area contributed by atoms with Gasteiger partial charge in [-0.1, -0.05) is 0 Å². The molecule has 1 rings (SSSR count). The van der Waals surface area contributed by atoms with Gasteiger partial charge in [-0.3, -0.25) is 4.79 Å². The molecule has 0 unspecified atom stereocenters. The summed E-state index contributed by atoms with van der Waals surface area (Å²) in [5, 5.41) is 11.5. The molecule has 1 aromatic heterocycles. The van der Waals surface area contributed by atoms with E-state index in [0.717, 1.165) is 0 Å². The molecule has 112 valence electrons. The number of nitriles is 1. The molecular formula is C13H16N4O4. The van der Waals surface area contributed by atoms with Crippen LogP contribution in [0.5, 0.6) is 0 Å². The molecule has 0 bridgehead atoms. The number of rotatable bonds is 6. The van der Waals surface area contributed by atoms with Crippen molar-refractivity contribution in [2.24, 2.45) is 0 Å². The van der Waals surface area contributed by atoms with Crippen molar-refractivity contribution < 1.29 is 13.9 Å². The van der Waals surface area contributed by atoms with E-state index in [9.17, 15) is 9.59 Å². The fraction of sp³-hybridized carbons (Fsp3) is 0.385. The van der Waals surface area contributed by atoms with Crippen LogP contribution in [0.3, 0.4) is 0 Å². The molecule has 0 fully saturated rings. The third-order valence-electron chi connectivity index (χ3n) is 2.19. The van der Waals surface area contributed by atoms with Crippen LogP contribution in [0.15, 0.2) is 15.4 Å². The van der Waals surface area contributed by atoms with E-state index in [0.29, 0.717) is 0 Å². The average Bonchev–Trinajstić information content (AvgIpc) is 2.43. The number of hydrogen-bond acceptors (Lipinski definition) is 8. The van der Waals surface area contributed by atoms with Crippen LogP contribution in [0.2, 0.25) is 0 Å². The van der Waals surface area contributed by atoms with Crippen molar-refractivity contribution in [3.63, 3.8) is 0 Å². The van der Waals surface area contributed by atoms with Crippen molar-refractivity contribution in [2.75, 3.05) is 32.6 Å². The summed E-state index contributed by atoms with van der Waals surface area (Å²) in [6.45, 7) is 1.72. The lowest BCUT2D eigenvalue weighted by Gasteiger charge is -2.07. The number of nitrogens with one attached hydrogen (secondary N) is 1. The van der Waals surface area contributed by atoms with E-state index >= 15 is 0 Å². The summed E-state index contributed by atoms with van der Waals surface area (Å²) >= 11 is 0. The Morgan fingerprint density at radius 3 is 2.86 bits per heavy atom. The van der Waals surface area contributed by atoms with E-state index < -0.39 is 11.6 Å². The van der Waals surface area contributed by atoms with Gasteiger partial charge < -0.3 is 19.4 Å². The summed E-state index contributed by atoms with van der Waals surface area (Å²) in [5.74, 6) is -0.499. The third-order valence-corrected chi connectivity index (χ3v) is 2.19. The Morgan fingerprint density at radius 2 is 2.29 bits per heavy atom. The van der Waals surface area contributed by atoms with Crippen LogP contribution in [-0.4, -0.2) is 43.1 Å². The first-order chi connectivity index (χ1) is 9.97. The molecule has 0 amide bonds. The SMILES string of the molecule is CCOC(=O)CNc1nc(/C=C/N(C)C)oc(=O)c1C#N. The summed E-state index contributed by atoms with van der Waals surface area (Å²) in [7, 11) is 3.58. The number of aromatic nitrogens is 1. The molecular weight excluding hydrogens is 276 g/mol. The highest BCUT2D eigenvalue weighted by Crippen LogP contribution is 2.09. The largest absolute Gasteiger partial charge is 0.465 e. The maximum Gasteiger partial charge on any atom is 0.359 e. The number of esters is 1. The minimum Gasteiger partial charge on any atom is -0.465 e. The van der Waals surface area contributed by atoms with Crippen molar-refractivity contribution >= 4 is 17.9 Å². The predicted molar refractivity (Wildman–Crippen MR) is 75.3 cm³/mol. The van der Waals surface area contributed by atoms with Crippen molar-refractivity contribution in [1.29, 1.82) is 5.26 Å². The van der Waals surface area contributed by atoms with Gasteiger partial charge in [0.25, 0.3) is 0 Å². The van der Waals surface area contributed by atoms with E-state index in [1.54, 1.807) is 38.2 Å². The van der Waals surface area contributed by atoms with Gasteiger partial charge in [0.2, 0.25) is 5.89 Å². The molecule has 1 heterocycles. The van der Waals surface area contributed by atoms with E-state index in [-0.39, 0.29) is 30.4 Å². The molecule has 0 saturated carbocycles. The van der Waals surface area contributed by atoms with Gasteiger partial charge in [-0.2, -0.15) is 10.2 Å². The molecule has 21 heavy (non-hydrogen) atoms. The Morgan fingerprint density at radius 1 is 1.57 bits per heavy atom. The Balaban J connectivity index is 3.02. The second-order valence-corrected chi connectivity index (χ2v) is 4.11. The number of hydrogen-bond donors (Lipinski definition) is 1. The first-order valence-electron chi connectivity index (χ1n) is 6.17. The van der Waals surface area contributed by atoms with Crippen LogP contribution in [0.4, 0.5) is 5.82 Å². The fourth-order valence-corrected chi connectivity index (χ4v) is 1.31. The smallest absolute Gasteiger partial charge is 0.359 e. The molecule has 8 nitrogen and oxygen atoms in total. The van der Waals surface area contributed by atoms with Crippen LogP contribution < -0.4 is 10.9 Å². The van der Waals surface area contributed by atoms with Crippen molar-refractivity contribution in [3.8, 4) is 6.07 Å². The third kappa shape index (κ3) is 4.99. The highest BCUT2D eigenvalue weighted by atomic mass is 16.5. The van der Waals surface area contributed by atoms with Gasteiger partial charge in [-0.05, 0) is 6.92 Å². The molecule has 0 aliphatic carbocycles. The average molecular weight is 292 g/mol. The van der Waals surface area contributed by atoms with Crippen molar-refractivity contribution in [2.45, 2.75) is 6.92 Å². The lowest BCUT2D eigenvalue weighted by atomic mass is 10.3. The lowest BCUT2D eigenvalue weighted by Crippen LogP contribution is -2.20. The van der Waals surface area contributed by atoms with Gasteiger partial charge in [0.05, 0.1) is 6.61 Å². The quantitative estimate of drug-likeness (QED) is 0.751. The molecule has 0 aliphatic rings. The van der Waals surface area contributed by atoms with E-state index in [1.165, 1.54) is 6.08 Å². The highest BCUT2D eigenvalue weighted by Gasteiger charge is 2.13. The van der Waals surface area contributed by atoms with Crippen molar-refractivity contribution in [3.05, 3.63) is 28.1 Å². The molecule has 0 aliphatic heterocycles. The zero-order chi connectivity index (χ0) is 15.8. The predicted octanol–water partition coefficient (Wildman–Crippen LogP) is 0.414. The van der Waals surface area contributed by atoms with Crippen LogP contribution in [-0.2, 0) is 9.53 Å². The van der Waals surface area contributed by atoms with Gasteiger partial charge in [-0.25, -0.2) is 4.79 Å². The molecule has 0 spiro atoms. The maximum absolute atomic E-state index is 11.7. The van der Waals surface area contributed by atoms with Gasteiger partial charge in [0.1, 0.15) is 12.6 Å². The van der Waals surface area contributed by atoms with Gasteiger partial charge in [0, 0.05) is 26.4 Å². The van der Waals surface area contributed by atoms with Crippen molar-refractivity contribution in [1.82, 2.24) is 9.88 Å². The van der Waals surface area contributed by atoms with E-state index in [4.69, 9.17) is 14.4 Å². The molecule has 0 saturated heterocycles. The number of carbonyl (C=O) groups is 1. The topological polar surface area (TPSA) is 108 Å². The van der Waals surface area contributed by atoms with Gasteiger partial charge >= 0.3 is 11.6 Å². The molecule has 0 atom stereocenters. The van der Waals surface area contributed by atoms with Gasteiger partial charge in [-0.15, -0.1) is 0 Å². The number of carbonyl (C=O) groups excluding carboxylic acids is 1. The Kier molecular flexibility index (Phi) is 5.95. The zero-order valence-corrected chi connectivity index (χ0v) is 12.0. The second-order valence-electron chi connectivity index (χ2n) is 4.11. The van der Waals surface area contributed by atoms with Crippen LogP contribution in [0.25, 0.3) is 6.08 Å². The number of anilines is 1. The molecule has 8 heteroatoms. The summed E-state index contributed by atoms with van der Waals surface area (Å²) in [5.41, 5.74) is -1.11. The molecule has 1 N–H and O–H groups in total. The fourth-order valence-electron chi connectivity index (χ4n) is 1.31. The van der Waals surface area contributed by atoms with Crippen LogP contribution >= 0.6 is 0 Å². The van der Waals surface area contributed by atoms with E-state index in [2.05, 4.69) is 10.3 Å². The molecule has 0 aromatic carbocycles. The minimum atomic E-state index is -0.822. The monoisotopic (exact) mass is 292 g/mol. The Bertz CT molecular complexity index is 628.